The molecule has 0 saturated carbocycles. The van der Waals surface area contributed by atoms with Crippen molar-refractivity contribution in [1.29, 1.82) is 0 Å². The SMILES string of the molecule is CCCNC(=O)c1cccc(NC(=O)c2cc(Br)ccc2OCCOC)c1. The monoisotopic (exact) mass is 434 g/mol. The smallest absolute Gasteiger partial charge is 0.259 e. The summed E-state index contributed by atoms with van der Waals surface area (Å²) in [5.74, 6) is -0.0292. The molecular weight excluding hydrogens is 412 g/mol. The highest BCUT2D eigenvalue weighted by molar-refractivity contribution is 9.10. The lowest BCUT2D eigenvalue weighted by molar-refractivity contribution is 0.0952. The van der Waals surface area contributed by atoms with Crippen molar-refractivity contribution in [2.24, 2.45) is 0 Å². The van der Waals surface area contributed by atoms with Gasteiger partial charge in [-0.25, -0.2) is 0 Å². The molecule has 0 aliphatic heterocycles. The molecule has 2 aromatic rings. The van der Waals surface area contributed by atoms with E-state index in [4.69, 9.17) is 9.47 Å². The summed E-state index contributed by atoms with van der Waals surface area (Å²) in [7, 11) is 1.59. The summed E-state index contributed by atoms with van der Waals surface area (Å²) >= 11 is 3.37. The second kappa shape index (κ2) is 10.7. The largest absolute Gasteiger partial charge is 0.490 e. The van der Waals surface area contributed by atoms with Crippen molar-refractivity contribution in [3.8, 4) is 5.75 Å². The van der Waals surface area contributed by atoms with Gasteiger partial charge in [0.05, 0.1) is 12.2 Å². The third-order valence-corrected chi connectivity index (χ3v) is 4.14. The van der Waals surface area contributed by atoms with Crippen LogP contribution in [0.15, 0.2) is 46.9 Å². The molecule has 2 rings (SSSR count). The van der Waals surface area contributed by atoms with Gasteiger partial charge < -0.3 is 20.1 Å². The topological polar surface area (TPSA) is 76.7 Å². The van der Waals surface area contributed by atoms with Crippen LogP contribution in [-0.4, -0.2) is 38.7 Å². The Balaban J connectivity index is 2.15. The van der Waals surface area contributed by atoms with Gasteiger partial charge in [0.25, 0.3) is 11.8 Å². The summed E-state index contributed by atoms with van der Waals surface area (Å²) in [6, 6.07) is 12.0. The van der Waals surface area contributed by atoms with E-state index in [1.54, 1.807) is 49.6 Å². The fourth-order valence-corrected chi connectivity index (χ4v) is 2.68. The molecule has 0 atom stereocenters. The maximum absolute atomic E-state index is 12.7. The predicted octanol–water partition coefficient (Wildman–Crippen LogP) is 3.87. The van der Waals surface area contributed by atoms with Gasteiger partial charge in [0.2, 0.25) is 0 Å². The minimum absolute atomic E-state index is 0.168. The van der Waals surface area contributed by atoms with Crippen LogP contribution in [0.2, 0.25) is 0 Å². The molecule has 0 aromatic heterocycles. The molecule has 0 aliphatic rings. The molecule has 0 aliphatic carbocycles. The van der Waals surface area contributed by atoms with Crippen LogP contribution in [0.5, 0.6) is 5.75 Å². The molecule has 0 radical (unpaired) electrons. The Labute approximate surface area is 167 Å². The van der Waals surface area contributed by atoms with Crippen LogP contribution in [0.1, 0.15) is 34.1 Å². The molecule has 2 aromatic carbocycles. The minimum Gasteiger partial charge on any atom is -0.490 e. The van der Waals surface area contributed by atoms with Gasteiger partial charge in [-0.15, -0.1) is 0 Å². The molecule has 0 unspecified atom stereocenters. The third kappa shape index (κ3) is 6.37. The average molecular weight is 435 g/mol. The Morgan fingerprint density at radius 1 is 1.07 bits per heavy atom. The first kappa shape index (κ1) is 20.9. The van der Waals surface area contributed by atoms with Crippen LogP contribution in [-0.2, 0) is 4.74 Å². The fourth-order valence-electron chi connectivity index (χ4n) is 2.32. The van der Waals surface area contributed by atoms with Crippen LogP contribution in [0.25, 0.3) is 0 Å². The first-order valence-corrected chi connectivity index (χ1v) is 9.45. The number of rotatable bonds is 9. The van der Waals surface area contributed by atoms with Crippen molar-refractivity contribution < 1.29 is 19.1 Å². The van der Waals surface area contributed by atoms with Gasteiger partial charge >= 0.3 is 0 Å². The van der Waals surface area contributed by atoms with E-state index in [1.807, 2.05) is 6.92 Å². The summed E-state index contributed by atoms with van der Waals surface area (Å²) in [5.41, 5.74) is 1.42. The summed E-state index contributed by atoms with van der Waals surface area (Å²) in [5, 5.41) is 5.63. The van der Waals surface area contributed by atoms with Crippen LogP contribution in [0.4, 0.5) is 5.69 Å². The Morgan fingerprint density at radius 3 is 2.63 bits per heavy atom. The van der Waals surface area contributed by atoms with Gasteiger partial charge in [-0.1, -0.05) is 28.9 Å². The van der Waals surface area contributed by atoms with Crippen LogP contribution >= 0.6 is 15.9 Å². The number of methoxy groups -OCH3 is 1. The van der Waals surface area contributed by atoms with E-state index in [2.05, 4.69) is 26.6 Å². The number of hydrogen-bond donors (Lipinski definition) is 2. The summed E-state index contributed by atoms with van der Waals surface area (Å²) < 4.78 is 11.4. The van der Waals surface area contributed by atoms with Crippen molar-refractivity contribution in [2.45, 2.75) is 13.3 Å². The first-order valence-electron chi connectivity index (χ1n) is 8.66. The Bertz CT molecular complexity index is 795. The lowest BCUT2D eigenvalue weighted by atomic mass is 10.1. The summed E-state index contributed by atoms with van der Waals surface area (Å²) in [6.45, 7) is 3.36. The van der Waals surface area contributed by atoms with Gasteiger partial charge in [-0.2, -0.15) is 0 Å². The number of carbonyl (C=O) groups excluding carboxylic acids is 2. The molecule has 2 N–H and O–H groups in total. The highest BCUT2D eigenvalue weighted by atomic mass is 79.9. The van der Waals surface area contributed by atoms with Crippen molar-refractivity contribution in [3.05, 3.63) is 58.1 Å². The van der Waals surface area contributed by atoms with Gasteiger partial charge in [-0.05, 0) is 42.8 Å². The number of amides is 2. The maximum atomic E-state index is 12.7. The van der Waals surface area contributed by atoms with E-state index < -0.39 is 0 Å². The molecule has 0 bridgehead atoms. The second-order valence-corrected chi connectivity index (χ2v) is 6.69. The molecule has 0 fully saturated rings. The zero-order valence-corrected chi connectivity index (χ0v) is 17.0. The van der Waals surface area contributed by atoms with E-state index in [1.165, 1.54) is 0 Å². The molecule has 27 heavy (non-hydrogen) atoms. The Hall–Kier alpha value is -2.38. The van der Waals surface area contributed by atoms with E-state index >= 15 is 0 Å². The highest BCUT2D eigenvalue weighted by Gasteiger charge is 2.15. The number of ether oxygens (including phenoxy) is 2. The van der Waals surface area contributed by atoms with Crippen LogP contribution in [0, 0.1) is 0 Å². The molecule has 7 heteroatoms. The number of benzene rings is 2. The number of nitrogens with one attached hydrogen (secondary N) is 2. The molecular formula is C20H23BrN2O4. The average Bonchev–Trinajstić information content (AvgIpc) is 2.67. The van der Waals surface area contributed by atoms with Gasteiger partial charge in [0.1, 0.15) is 12.4 Å². The molecule has 144 valence electrons. The zero-order valence-electron chi connectivity index (χ0n) is 15.4. The van der Waals surface area contributed by atoms with Crippen molar-refractivity contribution in [2.75, 3.05) is 32.2 Å². The van der Waals surface area contributed by atoms with Crippen molar-refractivity contribution in [1.82, 2.24) is 5.32 Å². The van der Waals surface area contributed by atoms with Gasteiger partial charge in [-0.3, -0.25) is 9.59 Å². The third-order valence-electron chi connectivity index (χ3n) is 3.65. The molecule has 0 saturated heterocycles. The zero-order chi connectivity index (χ0) is 19.6. The van der Waals surface area contributed by atoms with Crippen LogP contribution < -0.4 is 15.4 Å². The number of hydrogen-bond acceptors (Lipinski definition) is 4. The van der Waals surface area contributed by atoms with E-state index in [0.29, 0.717) is 42.3 Å². The lowest BCUT2D eigenvalue weighted by Crippen LogP contribution is -2.24. The molecule has 0 spiro atoms. The van der Waals surface area contributed by atoms with Gasteiger partial charge in [0, 0.05) is 29.4 Å². The van der Waals surface area contributed by atoms with Crippen molar-refractivity contribution in [3.63, 3.8) is 0 Å². The maximum Gasteiger partial charge on any atom is 0.259 e. The fraction of sp³-hybridized carbons (Fsp3) is 0.300. The minimum atomic E-state index is -0.324. The highest BCUT2D eigenvalue weighted by Crippen LogP contribution is 2.24. The van der Waals surface area contributed by atoms with E-state index in [0.717, 1.165) is 10.9 Å². The summed E-state index contributed by atoms with van der Waals surface area (Å²) in [6.07, 6.45) is 0.858. The predicted molar refractivity (Wildman–Crippen MR) is 109 cm³/mol. The molecule has 6 nitrogen and oxygen atoms in total. The second-order valence-electron chi connectivity index (χ2n) is 5.77. The van der Waals surface area contributed by atoms with Crippen LogP contribution in [0.3, 0.4) is 0 Å². The first-order chi connectivity index (χ1) is 13.0. The van der Waals surface area contributed by atoms with E-state index in [9.17, 15) is 9.59 Å². The Morgan fingerprint density at radius 2 is 1.89 bits per heavy atom. The quantitative estimate of drug-likeness (QED) is 0.587. The number of halogens is 1. The number of anilines is 1. The number of carbonyl (C=O) groups is 2. The summed E-state index contributed by atoms with van der Waals surface area (Å²) in [4.78, 5) is 24.8. The normalized spacial score (nSPS) is 10.3. The molecule has 2 amide bonds. The molecule has 0 heterocycles. The standard InChI is InChI=1S/C20H23BrN2O4/c1-3-9-22-19(24)14-5-4-6-16(12-14)23-20(25)17-13-15(21)7-8-18(17)27-11-10-26-2/h4-8,12-13H,3,9-11H2,1-2H3,(H,22,24)(H,23,25). The van der Waals surface area contributed by atoms with Gasteiger partial charge in [0.15, 0.2) is 0 Å². The Kier molecular flexibility index (Phi) is 8.29. The lowest BCUT2D eigenvalue weighted by Gasteiger charge is -2.13. The van der Waals surface area contributed by atoms with E-state index in [-0.39, 0.29) is 11.8 Å². The van der Waals surface area contributed by atoms with Crippen molar-refractivity contribution >= 4 is 33.4 Å².